The number of hydrogen-bond acceptors (Lipinski definition) is 6. The summed E-state index contributed by atoms with van der Waals surface area (Å²) >= 11 is 0. The van der Waals surface area contributed by atoms with E-state index in [0.717, 1.165) is 45.9 Å². The smallest absolute Gasteiger partial charge is 0.407 e. The van der Waals surface area contributed by atoms with Crippen LogP contribution in [0.25, 0.3) is 33.6 Å². The molecule has 0 fully saturated rings. The number of carbonyl (C=O) groups excluding carboxylic acids is 2. The third-order valence-electron chi connectivity index (χ3n) is 7.72. The monoisotopic (exact) mass is 580 g/mol. The second-order valence-corrected chi connectivity index (χ2v) is 11.8. The number of anilines is 1. The quantitative estimate of drug-likeness (QED) is 0.286. The second kappa shape index (κ2) is 10.8. The topological polar surface area (TPSA) is 104 Å². The minimum absolute atomic E-state index is 0.206. The molecule has 2 aromatic carbocycles. The molecule has 10 nitrogen and oxygen atoms in total. The second-order valence-electron chi connectivity index (χ2n) is 11.8. The van der Waals surface area contributed by atoms with Crippen LogP contribution >= 0.6 is 0 Å². The van der Waals surface area contributed by atoms with Gasteiger partial charge in [-0.1, -0.05) is 18.2 Å². The Morgan fingerprint density at radius 1 is 1.09 bits per heavy atom. The number of ether oxygens (including phenoxy) is 2. The summed E-state index contributed by atoms with van der Waals surface area (Å²) in [6.07, 6.45) is 1.87. The number of alkyl carbamates (subject to hydrolysis) is 1. The first kappa shape index (κ1) is 28.3. The first-order valence-electron chi connectivity index (χ1n) is 14.5. The SMILES string of the molecule is CCn1c(-c2nc3cc(C(=O)N4CC(NC(=O)OC(C)(C)C)Cc5ccccc54)cc(OC)c3n2C)cc2cccnc21. The molecule has 0 aliphatic carbocycles. The summed E-state index contributed by atoms with van der Waals surface area (Å²) in [6, 6.07) is 17.1. The van der Waals surface area contributed by atoms with Gasteiger partial charge in [-0.25, -0.2) is 14.8 Å². The highest BCUT2D eigenvalue weighted by Gasteiger charge is 2.32. The highest BCUT2D eigenvalue weighted by atomic mass is 16.6. The fourth-order valence-corrected chi connectivity index (χ4v) is 5.93. The van der Waals surface area contributed by atoms with E-state index in [4.69, 9.17) is 14.5 Å². The van der Waals surface area contributed by atoms with Gasteiger partial charge in [0.15, 0.2) is 5.82 Å². The number of pyridine rings is 1. The van der Waals surface area contributed by atoms with Crippen LogP contribution in [0, 0.1) is 0 Å². The number of amides is 2. The predicted octanol–water partition coefficient (Wildman–Crippen LogP) is 5.71. The van der Waals surface area contributed by atoms with Crippen LogP contribution in [0.5, 0.6) is 5.75 Å². The Kier molecular flexibility index (Phi) is 7.07. The zero-order valence-electron chi connectivity index (χ0n) is 25.3. The lowest BCUT2D eigenvalue weighted by atomic mass is 9.97. The number of para-hydroxylation sites is 1. The number of benzene rings is 2. The molecular formula is C33H36N6O4. The van der Waals surface area contributed by atoms with Gasteiger partial charge in [-0.05, 0) is 76.1 Å². The van der Waals surface area contributed by atoms with E-state index in [9.17, 15) is 9.59 Å². The molecular weight excluding hydrogens is 544 g/mol. The van der Waals surface area contributed by atoms with Crippen LogP contribution in [-0.2, 0) is 24.8 Å². The van der Waals surface area contributed by atoms with Crippen LogP contribution in [0.3, 0.4) is 0 Å². The molecule has 0 spiro atoms. The highest BCUT2D eigenvalue weighted by Crippen LogP contribution is 2.35. The molecule has 1 unspecified atom stereocenters. The molecule has 5 aromatic rings. The van der Waals surface area contributed by atoms with E-state index < -0.39 is 11.7 Å². The van der Waals surface area contributed by atoms with E-state index in [-0.39, 0.29) is 11.9 Å². The fourth-order valence-electron chi connectivity index (χ4n) is 5.93. The maximum Gasteiger partial charge on any atom is 0.407 e. The molecule has 6 rings (SSSR count). The number of aryl methyl sites for hydroxylation is 2. The molecule has 1 atom stereocenters. The third kappa shape index (κ3) is 5.17. The zero-order chi connectivity index (χ0) is 30.5. The van der Waals surface area contributed by atoms with Crippen molar-refractivity contribution in [2.75, 3.05) is 18.6 Å². The van der Waals surface area contributed by atoms with E-state index in [1.807, 2.05) is 74.9 Å². The van der Waals surface area contributed by atoms with Crippen molar-refractivity contribution < 1.29 is 19.1 Å². The Bertz CT molecular complexity index is 1860. The van der Waals surface area contributed by atoms with Crippen LogP contribution in [0.4, 0.5) is 10.5 Å². The number of imidazole rings is 1. The van der Waals surface area contributed by atoms with Crippen molar-refractivity contribution in [2.24, 2.45) is 7.05 Å². The number of hydrogen-bond donors (Lipinski definition) is 1. The summed E-state index contributed by atoms with van der Waals surface area (Å²) in [4.78, 5) is 38.1. The summed E-state index contributed by atoms with van der Waals surface area (Å²) in [5.74, 6) is 1.10. The Hall–Kier alpha value is -4.86. The van der Waals surface area contributed by atoms with Gasteiger partial charge in [-0.15, -0.1) is 0 Å². The van der Waals surface area contributed by atoms with Crippen molar-refractivity contribution in [2.45, 2.75) is 52.3 Å². The lowest BCUT2D eigenvalue weighted by molar-refractivity contribution is 0.0502. The van der Waals surface area contributed by atoms with Gasteiger partial charge in [0.05, 0.1) is 24.4 Å². The molecule has 43 heavy (non-hydrogen) atoms. The van der Waals surface area contributed by atoms with Crippen LogP contribution in [0.15, 0.2) is 60.8 Å². The summed E-state index contributed by atoms with van der Waals surface area (Å²) in [5.41, 5.74) is 4.88. The largest absolute Gasteiger partial charge is 0.494 e. The van der Waals surface area contributed by atoms with Crippen LogP contribution in [-0.4, -0.2) is 56.4 Å². The number of nitrogens with one attached hydrogen (secondary N) is 1. The van der Waals surface area contributed by atoms with Crippen LogP contribution in [0.2, 0.25) is 0 Å². The van der Waals surface area contributed by atoms with Crippen molar-refractivity contribution in [1.82, 2.24) is 24.4 Å². The average molecular weight is 581 g/mol. The van der Waals surface area contributed by atoms with Crippen molar-refractivity contribution in [3.05, 3.63) is 71.9 Å². The van der Waals surface area contributed by atoms with Crippen LogP contribution in [0.1, 0.15) is 43.6 Å². The highest BCUT2D eigenvalue weighted by molar-refractivity contribution is 6.09. The van der Waals surface area contributed by atoms with E-state index >= 15 is 0 Å². The molecule has 1 aliphatic heterocycles. The number of aromatic nitrogens is 4. The minimum atomic E-state index is -0.623. The van der Waals surface area contributed by atoms with Gasteiger partial charge < -0.3 is 28.8 Å². The molecule has 0 saturated heterocycles. The summed E-state index contributed by atoms with van der Waals surface area (Å²) < 4.78 is 15.4. The molecule has 10 heteroatoms. The van der Waals surface area contributed by atoms with Crippen molar-refractivity contribution in [3.8, 4) is 17.3 Å². The fraction of sp³-hybridized carbons (Fsp3) is 0.333. The van der Waals surface area contributed by atoms with Crippen LogP contribution < -0.4 is 15.0 Å². The number of methoxy groups -OCH3 is 1. The molecule has 1 N–H and O–H groups in total. The van der Waals surface area contributed by atoms with Gasteiger partial charge in [0.2, 0.25) is 0 Å². The van der Waals surface area contributed by atoms with Gasteiger partial charge >= 0.3 is 6.09 Å². The molecule has 0 radical (unpaired) electrons. The average Bonchev–Trinajstić information content (AvgIpc) is 3.51. The van der Waals surface area contributed by atoms with E-state index in [1.54, 1.807) is 24.3 Å². The first-order valence-corrected chi connectivity index (χ1v) is 14.5. The molecule has 3 aromatic heterocycles. The number of carbonyl (C=O) groups is 2. The van der Waals surface area contributed by atoms with Gasteiger partial charge in [0.1, 0.15) is 22.5 Å². The summed E-state index contributed by atoms with van der Waals surface area (Å²) in [6.45, 7) is 8.58. The van der Waals surface area contributed by atoms with Gasteiger partial charge in [-0.3, -0.25) is 4.79 Å². The van der Waals surface area contributed by atoms with E-state index in [1.165, 1.54) is 0 Å². The maximum atomic E-state index is 14.2. The van der Waals surface area contributed by atoms with Gasteiger partial charge in [0.25, 0.3) is 5.91 Å². The number of rotatable bonds is 5. The van der Waals surface area contributed by atoms with Gasteiger partial charge in [-0.2, -0.15) is 0 Å². The predicted molar refractivity (Wildman–Crippen MR) is 167 cm³/mol. The normalized spacial score (nSPS) is 15.0. The Balaban J connectivity index is 1.39. The zero-order valence-corrected chi connectivity index (χ0v) is 25.3. The lowest BCUT2D eigenvalue weighted by Gasteiger charge is -2.35. The molecule has 4 heterocycles. The molecule has 2 amide bonds. The number of fused-ring (bicyclic) bond motifs is 3. The van der Waals surface area contributed by atoms with Crippen molar-refractivity contribution >= 4 is 39.8 Å². The Morgan fingerprint density at radius 2 is 1.88 bits per heavy atom. The third-order valence-corrected chi connectivity index (χ3v) is 7.72. The van der Waals surface area contributed by atoms with Gasteiger partial charge in [0, 0.05) is 43.0 Å². The summed E-state index contributed by atoms with van der Waals surface area (Å²) in [7, 11) is 3.55. The maximum absolute atomic E-state index is 14.2. The van der Waals surface area contributed by atoms with E-state index in [0.29, 0.717) is 29.8 Å². The minimum Gasteiger partial charge on any atom is -0.494 e. The van der Waals surface area contributed by atoms with E-state index in [2.05, 4.69) is 27.9 Å². The Morgan fingerprint density at radius 3 is 2.63 bits per heavy atom. The standard InChI is InChI=1S/C33H36N6O4/c1-7-38-26(17-21-12-10-14-34-29(21)38)30-36-24-16-22(18-27(42-6)28(24)37(30)5)31(40)39-19-23(35-32(41)43-33(2,3)4)15-20-11-8-9-13-25(20)39/h8-14,16-18,23H,7,15,19H2,1-6H3,(H,35,41). The molecule has 1 aliphatic rings. The Labute approximate surface area is 250 Å². The molecule has 0 saturated carbocycles. The lowest BCUT2D eigenvalue weighted by Crippen LogP contribution is -2.51. The summed E-state index contributed by atoms with van der Waals surface area (Å²) in [5, 5.41) is 3.99. The van der Waals surface area contributed by atoms with Crippen molar-refractivity contribution in [3.63, 3.8) is 0 Å². The molecule has 222 valence electrons. The number of nitrogens with zero attached hydrogens (tertiary/aromatic N) is 5. The van der Waals surface area contributed by atoms with Crippen molar-refractivity contribution in [1.29, 1.82) is 0 Å². The first-order chi connectivity index (χ1) is 20.6. The molecule has 0 bridgehead atoms.